The van der Waals surface area contributed by atoms with Crippen LogP contribution in [0.25, 0.3) is 0 Å². The SMILES string of the molecule is O=C(NCCO)Nc1ccc(F)cc1. The molecular weight excluding hydrogens is 187 g/mol. The molecule has 0 fully saturated rings. The molecule has 0 aliphatic carbocycles. The van der Waals surface area contributed by atoms with Crippen LogP contribution in [0.4, 0.5) is 14.9 Å². The maximum absolute atomic E-state index is 12.5. The lowest BCUT2D eigenvalue weighted by Gasteiger charge is -2.05. The van der Waals surface area contributed by atoms with Crippen molar-refractivity contribution in [3.63, 3.8) is 0 Å². The van der Waals surface area contributed by atoms with Crippen LogP contribution in [0.5, 0.6) is 0 Å². The van der Waals surface area contributed by atoms with Gasteiger partial charge in [0.25, 0.3) is 0 Å². The maximum atomic E-state index is 12.5. The van der Waals surface area contributed by atoms with Gasteiger partial charge < -0.3 is 15.7 Å². The molecule has 76 valence electrons. The molecule has 0 saturated carbocycles. The van der Waals surface area contributed by atoms with Crippen molar-refractivity contribution in [3.8, 4) is 0 Å². The fourth-order valence-electron chi connectivity index (χ4n) is 0.878. The predicted molar refractivity (Wildman–Crippen MR) is 50.5 cm³/mol. The Morgan fingerprint density at radius 3 is 2.57 bits per heavy atom. The highest BCUT2D eigenvalue weighted by molar-refractivity contribution is 5.89. The Kier molecular flexibility index (Phi) is 3.87. The van der Waals surface area contributed by atoms with Crippen LogP contribution in [0.3, 0.4) is 0 Å². The molecule has 0 spiro atoms. The van der Waals surface area contributed by atoms with Crippen molar-refractivity contribution in [1.82, 2.24) is 5.32 Å². The summed E-state index contributed by atoms with van der Waals surface area (Å²) >= 11 is 0. The average Bonchev–Trinajstić information content (AvgIpc) is 2.18. The molecule has 1 aromatic rings. The molecule has 0 bridgehead atoms. The minimum absolute atomic E-state index is 0.114. The lowest BCUT2D eigenvalue weighted by atomic mass is 10.3. The van der Waals surface area contributed by atoms with Crippen molar-refractivity contribution in [2.75, 3.05) is 18.5 Å². The van der Waals surface area contributed by atoms with Gasteiger partial charge >= 0.3 is 6.03 Å². The number of aliphatic hydroxyl groups is 1. The smallest absolute Gasteiger partial charge is 0.319 e. The molecule has 0 aliphatic heterocycles. The molecule has 2 amide bonds. The third-order valence-corrected chi connectivity index (χ3v) is 1.50. The molecule has 1 aromatic carbocycles. The van der Waals surface area contributed by atoms with Gasteiger partial charge in [0.1, 0.15) is 5.82 Å². The highest BCUT2D eigenvalue weighted by Crippen LogP contribution is 2.07. The number of nitrogens with one attached hydrogen (secondary N) is 2. The summed E-state index contributed by atoms with van der Waals surface area (Å²) in [5.41, 5.74) is 0.502. The monoisotopic (exact) mass is 198 g/mol. The number of rotatable bonds is 3. The number of carbonyl (C=O) groups is 1. The zero-order valence-corrected chi connectivity index (χ0v) is 7.46. The fourth-order valence-corrected chi connectivity index (χ4v) is 0.878. The van der Waals surface area contributed by atoms with Crippen LogP contribution in [0.1, 0.15) is 0 Å². The van der Waals surface area contributed by atoms with Gasteiger partial charge in [-0.3, -0.25) is 0 Å². The molecule has 4 nitrogen and oxygen atoms in total. The van der Waals surface area contributed by atoms with Gasteiger partial charge in [-0.15, -0.1) is 0 Å². The van der Waals surface area contributed by atoms with E-state index >= 15 is 0 Å². The summed E-state index contributed by atoms with van der Waals surface area (Å²) in [6.07, 6.45) is 0. The molecule has 0 unspecified atom stereocenters. The molecule has 0 aromatic heterocycles. The lowest BCUT2D eigenvalue weighted by molar-refractivity contribution is 0.245. The van der Waals surface area contributed by atoms with Crippen LogP contribution in [-0.4, -0.2) is 24.3 Å². The molecule has 0 saturated heterocycles. The summed E-state index contributed by atoms with van der Waals surface area (Å²) in [6, 6.07) is 4.98. The highest BCUT2D eigenvalue weighted by atomic mass is 19.1. The molecule has 5 heteroatoms. The van der Waals surface area contributed by atoms with E-state index in [4.69, 9.17) is 5.11 Å². The first-order valence-electron chi connectivity index (χ1n) is 4.13. The average molecular weight is 198 g/mol. The zero-order chi connectivity index (χ0) is 10.4. The molecule has 14 heavy (non-hydrogen) atoms. The number of halogens is 1. The number of hydrogen-bond acceptors (Lipinski definition) is 2. The number of anilines is 1. The lowest BCUT2D eigenvalue weighted by Crippen LogP contribution is -2.30. The Bertz CT molecular complexity index is 300. The summed E-state index contributed by atoms with van der Waals surface area (Å²) in [5.74, 6) is -0.355. The number of aliphatic hydroxyl groups excluding tert-OH is 1. The van der Waals surface area contributed by atoms with Crippen LogP contribution in [0.15, 0.2) is 24.3 Å². The summed E-state index contributed by atoms with van der Waals surface area (Å²) in [6.45, 7) is 0.0733. The zero-order valence-electron chi connectivity index (χ0n) is 7.46. The minimum atomic E-state index is -0.425. The first-order chi connectivity index (χ1) is 6.72. The molecule has 3 N–H and O–H groups in total. The van der Waals surface area contributed by atoms with Crippen molar-refractivity contribution in [2.45, 2.75) is 0 Å². The third-order valence-electron chi connectivity index (χ3n) is 1.50. The fraction of sp³-hybridized carbons (Fsp3) is 0.222. The van der Waals surface area contributed by atoms with E-state index in [0.717, 1.165) is 0 Å². The molecule has 0 atom stereocenters. The van der Waals surface area contributed by atoms with Crippen molar-refractivity contribution in [2.24, 2.45) is 0 Å². The van der Waals surface area contributed by atoms with Crippen LogP contribution in [-0.2, 0) is 0 Å². The van der Waals surface area contributed by atoms with E-state index in [0.29, 0.717) is 5.69 Å². The standard InChI is InChI=1S/C9H11FN2O2/c10-7-1-3-8(4-2-7)12-9(14)11-5-6-13/h1-4,13H,5-6H2,(H2,11,12,14). The topological polar surface area (TPSA) is 61.4 Å². The van der Waals surface area contributed by atoms with Crippen LogP contribution < -0.4 is 10.6 Å². The van der Waals surface area contributed by atoms with E-state index in [1.807, 2.05) is 0 Å². The van der Waals surface area contributed by atoms with E-state index in [2.05, 4.69) is 10.6 Å². The van der Waals surface area contributed by atoms with Crippen molar-refractivity contribution in [1.29, 1.82) is 0 Å². The van der Waals surface area contributed by atoms with Crippen molar-refractivity contribution in [3.05, 3.63) is 30.1 Å². The van der Waals surface area contributed by atoms with Gasteiger partial charge in [0.05, 0.1) is 6.61 Å². The molecule has 0 radical (unpaired) electrons. The quantitative estimate of drug-likeness (QED) is 0.676. The van der Waals surface area contributed by atoms with Crippen LogP contribution >= 0.6 is 0 Å². The van der Waals surface area contributed by atoms with Crippen molar-refractivity contribution < 1.29 is 14.3 Å². The Balaban J connectivity index is 2.44. The van der Waals surface area contributed by atoms with Gasteiger partial charge in [0, 0.05) is 12.2 Å². The first-order valence-corrected chi connectivity index (χ1v) is 4.13. The number of amides is 2. The Morgan fingerprint density at radius 1 is 1.36 bits per heavy atom. The van der Waals surface area contributed by atoms with Crippen molar-refractivity contribution >= 4 is 11.7 Å². The molecular formula is C9H11FN2O2. The van der Waals surface area contributed by atoms with Crippen LogP contribution in [0.2, 0.25) is 0 Å². The predicted octanol–water partition coefficient (Wildman–Crippen LogP) is 0.939. The van der Waals surface area contributed by atoms with Gasteiger partial charge in [0.2, 0.25) is 0 Å². The second kappa shape index (κ2) is 5.18. The largest absolute Gasteiger partial charge is 0.395 e. The van der Waals surface area contributed by atoms with E-state index < -0.39 is 6.03 Å². The second-order valence-electron chi connectivity index (χ2n) is 2.61. The summed E-state index contributed by atoms with van der Waals surface area (Å²) in [4.78, 5) is 11.0. The van der Waals surface area contributed by atoms with Crippen LogP contribution in [0, 0.1) is 5.82 Å². The Hall–Kier alpha value is -1.62. The Labute approximate surface area is 80.7 Å². The number of carbonyl (C=O) groups excluding carboxylic acids is 1. The first kappa shape index (κ1) is 10.5. The molecule has 0 aliphatic rings. The second-order valence-corrected chi connectivity index (χ2v) is 2.61. The normalized spacial score (nSPS) is 9.57. The minimum Gasteiger partial charge on any atom is -0.395 e. The van der Waals surface area contributed by atoms with Gasteiger partial charge in [-0.25, -0.2) is 9.18 Å². The van der Waals surface area contributed by atoms with E-state index in [-0.39, 0.29) is 19.0 Å². The van der Waals surface area contributed by atoms with E-state index in [1.54, 1.807) is 0 Å². The van der Waals surface area contributed by atoms with Gasteiger partial charge in [0.15, 0.2) is 0 Å². The maximum Gasteiger partial charge on any atom is 0.319 e. The molecule has 0 heterocycles. The number of urea groups is 1. The van der Waals surface area contributed by atoms with Gasteiger partial charge in [-0.2, -0.15) is 0 Å². The summed E-state index contributed by atoms with van der Waals surface area (Å²) < 4.78 is 12.5. The summed E-state index contributed by atoms with van der Waals surface area (Å²) in [5, 5.41) is 13.3. The van der Waals surface area contributed by atoms with E-state index in [9.17, 15) is 9.18 Å². The van der Waals surface area contributed by atoms with E-state index in [1.165, 1.54) is 24.3 Å². The summed E-state index contributed by atoms with van der Waals surface area (Å²) in [7, 11) is 0. The highest BCUT2D eigenvalue weighted by Gasteiger charge is 1.99. The number of hydrogen-bond donors (Lipinski definition) is 3. The molecule has 1 rings (SSSR count). The third kappa shape index (κ3) is 3.40. The Morgan fingerprint density at radius 2 is 2.00 bits per heavy atom. The van der Waals surface area contributed by atoms with Gasteiger partial charge in [-0.05, 0) is 24.3 Å². The van der Waals surface area contributed by atoms with Gasteiger partial charge in [-0.1, -0.05) is 0 Å². The number of benzene rings is 1.